The maximum absolute atomic E-state index is 12.6. The van der Waals surface area contributed by atoms with Gasteiger partial charge in [-0.1, -0.05) is 6.08 Å². The Morgan fingerprint density at radius 3 is 2.53 bits per heavy atom. The van der Waals surface area contributed by atoms with Gasteiger partial charge in [0.25, 0.3) is 0 Å². The molecule has 2 N–H and O–H groups in total. The van der Waals surface area contributed by atoms with Crippen LogP contribution < -0.4 is 11.4 Å². The fourth-order valence-electron chi connectivity index (χ4n) is 4.25. The van der Waals surface area contributed by atoms with E-state index in [1.165, 1.54) is 4.57 Å². The quantitative estimate of drug-likeness (QED) is 0.560. The van der Waals surface area contributed by atoms with Gasteiger partial charge in [-0.25, -0.2) is 4.79 Å². The second kappa shape index (κ2) is 11.4. The third-order valence-electron chi connectivity index (χ3n) is 5.85. The van der Waals surface area contributed by atoms with Crippen LogP contribution in [-0.2, 0) is 28.4 Å². The summed E-state index contributed by atoms with van der Waals surface area (Å²) < 4.78 is 37.5. The molecule has 3 fully saturated rings. The third kappa shape index (κ3) is 5.75. The number of nitrogens with two attached hydrogens (primary N) is 1. The van der Waals surface area contributed by atoms with E-state index in [1.807, 2.05) is 0 Å². The average Bonchev–Trinajstić information content (AvgIpc) is 3.14. The standard InChI is InChI=1S/C22H33N3O7/c1-2-11-29-20-19(32-18-8-4-6-13-28-18)15(14-30-17-7-3-5-12-27-17)31-21(20)25-10-9-16(23)24-22(25)26/h2,9-10,15,17-21H,1,3-8,11-14H2,(H2,23,24,26)/t15-,17?,18?,19-,20+,21-/m1/s1. The summed E-state index contributed by atoms with van der Waals surface area (Å²) in [4.78, 5) is 16.4. The average molecular weight is 452 g/mol. The molecule has 10 heteroatoms. The van der Waals surface area contributed by atoms with Crippen molar-refractivity contribution in [3.8, 4) is 0 Å². The van der Waals surface area contributed by atoms with E-state index in [2.05, 4.69) is 11.6 Å². The highest BCUT2D eigenvalue weighted by molar-refractivity contribution is 5.23. The zero-order valence-corrected chi connectivity index (χ0v) is 18.3. The van der Waals surface area contributed by atoms with Gasteiger partial charge >= 0.3 is 5.69 Å². The molecule has 1 aromatic heterocycles. The summed E-state index contributed by atoms with van der Waals surface area (Å²) in [6.45, 7) is 5.58. The van der Waals surface area contributed by atoms with E-state index in [0.717, 1.165) is 38.5 Å². The Morgan fingerprint density at radius 1 is 1.12 bits per heavy atom. The number of ether oxygens (including phenoxy) is 6. The highest BCUT2D eigenvalue weighted by Gasteiger charge is 2.49. The third-order valence-corrected chi connectivity index (χ3v) is 5.85. The van der Waals surface area contributed by atoms with E-state index in [4.69, 9.17) is 34.2 Å². The Balaban J connectivity index is 1.55. The smallest absolute Gasteiger partial charge is 0.351 e. The summed E-state index contributed by atoms with van der Waals surface area (Å²) >= 11 is 0. The predicted molar refractivity (Wildman–Crippen MR) is 115 cm³/mol. The lowest BCUT2D eigenvalue weighted by Crippen LogP contribution is -2.43. The largest absolute Gasteiger partial charge is 0.383 e. The summed E-state index contributed by atoms with van der Waals surface area (Å²) in [5, 5.41) is 0. The molecule has 3 saturated heterocycles. The molecule has 4 rings (SSSR count). The lowest BCUT2D eigenvalue weighted by atomic mass is 10.1. The van der Waals surface area contributed by atoms with Crippen LogP contribution in [0.3, 0.4) is 0 Å². The van der Waals surface area contributed by atoms with Crippen molar-refractivity contribution in [1.82, 2.24) is 9.55 Å². The van der Waals surface area contributed by atoms with Crippen LogP contribution in [0.5, 0.6) is 0 Å². The van der Waals surface area contributed by atoms with Crippen molar-refractivity contribution in [3.05, 3.63) is 35.4 Å². The maximum atomic E-state index is 12.6. The number of hydrogen-bond acceptors (Lipinski definition) is 9. The highest BCUT2D eigenvalue weighted by Crippen LogP contribution is 2.35. The van der Waals surface area contributed by atoms with Crippen LogP contribution >= 0.6 is 0 Å². The van der Waals surface area contributed by atoms with Gasteiger partial charge in [0.1, 0.15) is 24.1 Å². The summed E-state index contributed by atoms with van der Waals surface area (Å²) in [5.41, 5.74) is 5.14. The number of aromatic nitrogens is 2. The first-order valence-corrected chi connectivity index (χ1v) is 11.4. The van der Waals surface area contributed by atoms with Crippen LogP contribution in [0, 0.1) is 0 Å². The first-order chi connectivity index (χ1) is 15.7. The van der Waals surface area contributed by atoms with Crippen LogP contribution in [-0.4, -0.2) is 66.9 Å². The minimum atomic E-state index is -0.759. The van der Waals surface area contributed by atoms with Crippen molar-refractivity contribution >= 4 is 5.82 Å². The molecular formula is C22H33N3O7. The highest BCUT2D eigenvalue weighted by atomic mass is 16.7. The van der Waals surface area contributed by atoms with Gasteiger partial charge in [-0.05, 0) is 44.6 Å². The van der Waals surface area contributed by atoms with Crippen molar-refractivity contribution in [1.29, 1.82) is 0 Å². The molecule has 3 aliphatic heterocycles. The van der Waals surface area contributed by atoms with E-state index in [0.29, 0.717) is 13.2 Å². The van der Waals surface area contributed by atoms with Crippen LogP contribution in [0.2, 0.25) is 0 Å². The normalized spacial score (nSPS) is 33.2. The lowest BCUT2D eigenvalue weighted by molar-refractivity contribution is -0.225. The second-order valence-corrected chi connectivity index (χ2v) is 8.22. The number of rotatable bonds is 9. The van der Waals surface area contributed by atoms with Crippen LogP contribution in [0.4, 0.5) is 5.82 Å². The summed E-state index contributed by atoms with van der Waals surface area (Å²) in [7, 11) is 0. The Kier molecular flexibility index (Phi) is 8.28. The summed E-state index contributed by atoms with van der Waals surface area (Å²) in [6.07, 6.45) is 5.98. The van der Waals surface area contributed by atoms with Gasteiger partial charge in [-0.3, -0.25) is 4.57 Å². The van der Waals surface area contributed by atoms with E-state index in [-0.39, 0.29) is 31.6 Å². The molecule has 32 heavy (non-hydrogen) atoms. The minimum Gasteiger partial charge on any atom is -0.383 e. The molecule has 0 spiro atoms. The monoisotopic (exact) mass is 451 g/mol. The second-order valence-electron chi connectivity index (χ2n) is 8.22. The summed E-state index contributed by atoms with van der Waals surface area (Å²) in [5.74, 6) is 0.144. The van der Waals surface area contributed by atoms with Crippen molar-refractivity contribution in [2.24, 2.45) is 0 Å². The lowest BCUT2D eigenvalue weighted by Gasteiger charge is -2.31. The molecule has 178 valence electrons. The number of hydrogen-bond donors (Lipinski definition) is 1. The fourth-order valence-corrected chi connectivity index (χ4v) is 4.25. The van der Waals surface area contributed by atoms with Gasteiger partial charge in [-0.2, -0.15) is 4.98 Å². The van der Waals surface area contributed by atoms with E-state index in [9.17, 15) is 4.79 Å². The molecule has 0 bridgehead atoms. The van der Waals surface area contributed by atoms with Crippen molar-refractivity contribution < 1.29 is 28.4 Å². The molecule has 1 aromatic rings. The minimum absolute atomic E-state index is 0.144. The van der Waals surface area contributed by atoms with Gasteiger partial charge in [0.2, 0.25) is 0 Å². The molecule has 4 heterocycles. The maximum Gasteiger partial charge on any atom is 0.351 e. The van der Waals surface area contributed by atoms with Crippen molar-refractivity contribution in [3.63, 3.8) is 0 Å². The van der Waals surface area contributed by atoms with Crippen molar-refractivity contribution in [2.75, 3.05) is 32.2 Å². The molecule has 0 aliphatic carbocycles. The molecule has 0 amide bonds. The van der Waals surface area contributed by atoms with Crippen LogP contribution in [0.25, 0.3) is 0 Å². The Labute approximate surface area is 187 Å². The molecule has 6 atom stereocenters. The molecule has 10 nitrogen and oxygen atoms in total. The van der Waals surface area contributed by atoms with Gasteiger partial charge in [0.05, 0.1) is 13.2 Å². The first kappa shape index (κ1) is 23.3. The van der Waals surface area contributed by atoms with Crippen LogP contribution in [0.1, 0.15) is 44.8 Å². The Morgan fingerprint density at radius 2 is 1.88 bits per heavy atom. The van der Waals surface area contributed by atoms with E-state index < -0.39 is 30.2 Å². The first-order valence-electron chi connectivity index (χ1n) is 11.4. The van der Waals surface area contributed by atoms with Gasteiger partial charge in [-0.15, -0.1) is 6.58 Å². The fraction of sp³-hybridized carbons (Fsp3) is 0.727. The number of nitrogen functional groups attached to an aromatic ring is 1. The summed E-state index contributed by atoms with van der Waals surface area (Å²) in [6, 6.07) is 1.55. The predicted octanol–water partition coefficient (Wildman–Crippen LogP) is 1.75. The SMILES string of the molecule is C=CCO[C@H]1[C@H](OC2CCCCO2)[C@@H](COC2CCCCO2)O[C@H]1n1ccc(N)nc1=O. The molecule has 3 aliphatic rings. The van der Waals surface area contributed by atoms with Gasteiger partial charge < -0.3 is 34.2 Å². The van der Waals surface area contributed by atoms with Gasteiger partial charge in [0.15, 0.2) is 18.8 Å². The van der Waals surface area contributed by atoms with E-state index in [1.54, 1.807) is 18.3 Å². The Hall–Kier alpha value is -1.82. The molecule has 2 unspecified atom stereocenters. The molecular weight excluding hydrogens is 418 g/mol. The zero-order valence-electron chi connectivity index (χ0n) is 18.3. The molecule has 0 aromatic carbocycles. The van der Waals surface area contributed by atoms with Crippen LogP contribution in [0.15, 0.2) is 29.7 Å². The number of anilines is 1. The molecule has 0 radical (unpaired) electrons. The van der Waals surface area contributed by atoms with Gasteiger partial charge in [0, 0.05) is 19.4 Å². The topological polar surface area (TPSA) is 116 Å². The Bertz CT molecular complexity index is 792. The van der Waals surface area contributed by atoms with Crippen molar-refractivity contribution in [2.45, 2.75) is 75.6 Å². The molecule has 0 saturated carbocycles. The van der Waals surface area contributed by atoms with E-state index >= 15 is 0 Å². The number of nitrogens with zero attached hydrogens (tertiary/aromatic N) is 2. The zero-order chi connectivity index (χ0) is 22.3.